The van der Waals surface area contributed by atoms with Gasteiger partial charge in [0.1, 0.15) is 5.78 Å². The summed E-state index contributed by atoms with van der Waals surface area (Å²) in [6.07, 6.45) is 0.130. The molecule has 5 nitrogen and oxygen atoms in total. The Morgan fingerprint density at radius 2 is 1.57 bits per heavy atom. The molecule has 0 spiro atoms. The van der Waals surface area contributed by atoms with Crippen LogP contribution in [0.1, 0.15) is 33.1 Å². The fourth-order valence-corrected chi connectivity index (χ4v) is 0.872. The van der Waals surface area contributed by atoms with Crippen molar-refractivity contribution in [3.05, 3.63) is 0 Å². The van der Waals surface area contributed by atoms with E-state index in [1.54, 1.807) is 6.92 Å². The van der Waals surface area contributed by atoms with Crippen LogP contribution in [0.15, 0.2) is 0 Å². The first-order valence-electron chi connectivity index (χ1n) is 4.33. The first-order valence-corrected chi connectivity index (χ1v) is 4.33. The lowest BCUT2D eigenvalue weighted by Gasteiger charge is -2.18. The molecule has 0 aliphatic carbocycles. The van der Waals surface area contributed by atoms with E-state index in [0.29, 0.717) is 6.42 Å². The molecular weight excluding hydrogens is 188 g/mol. The van der Waals surface area contributed by atoms with E-state index in [4.69, 9.17) is 10.2 Å². The molecule has 14 heavy (non-hydrogen) atoms. The topological polar surface area (TPSA) is 91.7 Å². The zero-order chi connectivity index (χ0) is 11.4. The van der Waals surface area contributed by atoms with E-state index in [-0.39, 0.29) is 18.6 Å². The molecule has 0 atom stereocenters. The average Bonchev–Trinajstić information content (AvgIpc) is 2.12. The number of ketones is 1. The van der Waals surface area contributed by atoms with Crippen LogP contribution in [-0.4, -0.2) is 27.9 Å². The number of carboxylic acid groups (broad SMARTS) is 2. The molecule has 0 fully saturated rings. The van der Waals surface area contributed by atoms with Gasteiger partial charge >= 0.3 is 11.9 Å². The molecule has 0 saturated carbocycles. The van der Waals surface area contributed by atoms with Gasteiger partial charge in [0.2, 0.25) is 0 Å². The van der Waals surface area contributed by atoms with Crippen LogP contribution in [0, 0.1) is 5.41 Å². The lowest BCUT2D eigenvalue weighted by Crippen LogP contribution is -2.36. The van der Waals surface area contributed by atoms with Crippen LogP contribution in [0.5, 0.6) is 0 Å². The standard InChI is InChI=1S/C9H14O5/c1-3-6(10)4-5-9(2,7(11)12)8(13)14/h3-5H2,1-2H3,(H,11,12)(H,13,14). The molecule has 5 heteroatoms. The van der Waals surface area contributed by atoms with Crippen LogP contribution in [0.4, 0.5) is 0 Å². The number of hydrogen-bond donors (Lipinski definition) is 2. The Kier molecular flexibility index (Phi) is 4.27. The number of Topliss-reactive ketones (excluding diaryl/α,β-unsaturated/α-hetero) is 1. The van der Waals surface area contributed by atoms with Gasteiger partial charge in [-0.15, -0.1) is 0 Å². The molecule has 0 aliphatic rings. The second kappa shape index (κ2) is 4.74. The number of carbonyl (C=O) groups is 3. The summed E-state index contributed by atoms with van der Waals surface area (Å²) in [7, 11) is 0. The maximum atomic E-state index is 10.9. The van der Waals surface area contributed by atoms with Crippen molar-refractivity contribution < 1.29 is 24.6 Å². The van der Waals surface area contributed by atoms with Crippen molar-refractivity contribution in [1.82, 2.24) is 0 Å². The van der Waals surface area contributed by atoms with E-state index >= 15 is 0 Å². The average molecular weight is 202 g/mol. The first kappa shape index (κ1) is 12.6. The highest BCUT2D eigenvalue weighted by molar-refractivity contribution is 5.98. The summed E-state index contributed by atoms with van der Waals surface area (Å²) in [6, 6.07) is 0. The number of rotatable bonds is 6. The Morgan fingerprint density at radius 3 is 1.86 bits per heavy atom. The monoisotopic (exact) mass is 202 g/mol. The van der Waals surface area contributed by atoms with Gasteiger partial charge in [-0.2, -0.15) is 0 Å². The van der Waals surface area contributed by atoms with E-state index < -0.39 is 17.4 Å². The van der Waals surface area contributed by atoms with Crippen molar-refractivity contribution in [3.63, 3.8) is 0 Å². The zero-order valence-corrected chi connectivity index (χ0v) is 8.24. The summed E-state index contributed by atoms with van der Waals surface area (Å²) in [6.45, 7) is 2.77. The van der Waals surface area contributed by atoms with Gasteiger partial charge in [-0.3, -0.25) is 14.4 Å². The van der Waals surface area contributed by atoms with Crippen LogP contribution in [0.3, 0.4) is 0 Å². The zero-order valence-electron chi connectivity index (χ0n) is 8.24. The van der Waals surface area contributed by atoms with Crippen LogP contribution in [-0.2, 0) is 14.4 Å². The Hall–Kier alpha value is -1.39. The van der Waals surface area contributed by atoms with Gasteiger partial charge in [-0.1, -0.05) is 6.92 Å². The van der Waals surface area contributed by atoms with Gasteiger partial charge in [0.25, 0.3) is 0 Å². The molecule has 0 aromatic rings. The Balaban J connectivity index is 4.47. The number of hydrogen-bond acceptors (Lipinski definition) is 3. The largest absolute Gasteiger partial charge is 0.480 e. The fraction of sp³-hybridized carbons (Fsp3) is 0.667. The predicted molar refractivity (Wildman–Crippen MR) is 47.9 cm³/mol. The van der Waals surface area contributed by atoms with E-state index in [2.05, 4.69) is 0 Å². The summed E-state index contributed by atoms with van der Waals surface area (Å²) in [4.78, 5) is 32.3. The minimum Gasteiger partial charge on any atom is -0.480 e. The second-order valence-electron chi connectivity index (χ2n) is 3.33. The van der Waals surface area contributed by atoms with Crippen molar-refractivity contribution in [3.8, 4) is 0 Å². The van der Waals surface area contributed by atoms with Gasteiger partial charge < -0.3 is 10.2 Å². The molecule has 0 aromatic carbocycles. The molecule has 0 rings (SSSR count). The maximum absolute atomic E-state index is 10.9. The molecule has 0 aliphatic heterocycles. The summed E-state index contributed by atoms with van der Waals surface area (Å²) in [5.41, 5.74) is -1.86. The minimum atomic E-state index is -1.86. The molecule has 0 radical (unpaired) electrons. The highest BCUT2D eigenvalue weighted by atomic mass is 16.4. The molecular formula is C9H14O5. The molecule has 0 aromatic heterocycles. The smallest absolute Gasteiger partial charge is 0.320 e. The highest BCUT2D eigenvalue weighted by Gasteiger charge is 2.41. The number of carbonyl (C=O) groups excluding carboxylic acids is 1. The Morgan fingerprint density at radius 1 is 1.14 bits per heavy atom. The van der Waals surface area contributed by atoms with Gasteiger partial charge in [-0.25, -0.2) is 0 Å². The van der Waals surface area contributed by atoms with Crippen LogP contribution in [0.25, 0.3) is 0 Å². The minimum absolute atomic E-state index is 0.00833. The maximum Gasteiger partial charge on any atom is 0.320 e. The van der Waals surface area contributed by atoms with Gasteiger partial charge in [-0.05, 0) is 13.3 Å². The van der Waals surface area contributed by atoms with Crippen molar-refractivity contribution in [1.29, 1.82) is 0 Å². The molecule has 80 valence electrons. The lowest BCUT2D eigenvalue weighted by atomic mass is 9.85. The van der Waals surface area contributed by atoms with Gasteiger partial charge in [0.15, 0.2) is 5.41 Å². The van der Waals surface area contributed by atoms with E-state index in [0.717, 1.165) is 6.92 Å². The van der Waals surface area contributed by atoms with Crippen molar-refractivity contribution in [2.24, 2.45) is 5.41 Å². The molecule has 0 amide bonds. The molecule has 0 saturated heterocycles. The van der Waals surface area contributed by atoms with Crippen LogP contribution < -0.4 is 0 Å². The normalized spacial score (nSPS) is 11.0. The Bertz CT molecular complexity index is 242. The molecule has 0 heterocycles. The highest BCUT2D eigenvalue weighted by Crippen LogP contribution is 2.24. The van der Waals surface area contributed by atoms with Crippen LogP contribution >= 0.6 is 0 Å². The molecule has 0 bridgehead atoms. The van der Waals surface area contributed by atoms with E-state index in [1.807, 2.05) is 0 Å². The second-order valence-corrected chi connectivity index (χ2v) is 3.33. The number of aliphatic carboxylic acids is 2. The molecule has 2 N–H and O–H groups in total. The lowest BCUT2D eigenvalue weighted by molar-refractivity contribution is -0.163. The number of carboxylic acids is 2. The molecule has 0 unspecified atom stereocenters. The van der Waals surface area contributed by atoms with Crippen LogP contribution in [0.2, 0.25) is 0 Å². The fourth-order valence-electron chi connectivity index (χ4n) is 0.872. The van der Waals surface area contributed by atoms with Crippen molar-refractivity contribution >= 4 is 17.7 Å². The summed E-state index contributed by atoms with van der Waals surface area (Å²) < 4.78 is 0. The Labute approximate surface area is 81.7 Å². The quantitative estimate of drug-likeness (QED) is 0.625. The summed E-state index contributed by atoms with van der Waals surface area (Å²) in [5, 5.41) is 17.4. The first-order chi connectivity index (χ1) is 6.34. The third kappa shape index (κ3) is 2.83. The third-order valence-electron chi connectivity index (χ3n) is 2.24. The van der Waals surface area contributed by atoms with Crippen molar-refractivity contribution in [2.45, 2.75) is 33.1 Å². The van der Waals surface area contributed by atoms with Crippen molar-refractivity contribution in [2.75, 3.05) is 0 Å². The summed E-state index contributed by atoms with van der Waals surface area (Å²) in [5.74, 6) is -2.94. The SMILES string of the molecule is CCC(=O)CCC(C)(C(=O)O)C(=O)O. The van der Waals surface area contributed by atoms with E-state index in [1.165, 1.54) is 0 Å². The predicted octanol–water partition coefficient (Wildman–Crippen LogP) is 0.921. The third-order valence-corrected chi connectivity index (χ3v) is 2.24. The van der Waals surface area contributed by atoms with Gasteiger partial charge in [0, 0.05) is 12.8 Å². The van der Waals surface area contributed by atoms with E-state index in [9.17, 15) is 14.4 Å². The summed E-state index contributed by atoms with van der Waals surface area (Å²) >= 11 is 0. The van der Waals surface area contributed by atoms with Gasteiger partial charge in [0.05, 0.1) is 0 Å².